The monoisotopic (exact) mass is 366 g/mol. The van der Waals surface area contributed by atoms with E-state index in [1.807, 2.05) is 0 Å². The number of aliphatic hydroxyl groups excluding tert-OH is 1. The molecule has 1 N–H and O–H groups in total. The molecule has 0 aromatic heterocycles. The summed E-state index contributed by atoms with van der Waals surface area (Å²) in [4.78, 5) is 24.4. The van der Waals surface area contributed by atoms with Gasteiger partial charge in [0.25, 0.3) is 0 Å². The lowest BCUT2D eigenvalue weighted by molar-refractivity contribution is -0.0486. The normalized spacial score (nSPS) is 28.1. The highest BCUT2D eigenvalue weighted by Gasteiger charge is 2.65. The molecule has 4 atom stereocenters. The molecule has 1 heterocycles. The molecule has 6 heteroatoms. The summed E-state index contributed by atoms with van der Waals surface area (Å²) in [6.07, 6.45) is 0.922. The van der Waals surface area contributed by atoms with Crippen molar-refractivity contribution in [3.63, 3.8) is 0 Å². The fourth-order valence-electron chi connectivity index (χ4n) is 3.14. The highest BCUT2D eigenvalue weighted by atomic mass is 16.7. The van der Waals surface area contributed by atoms with E-state index in [4.69, 9.17) is 14.2 Å². The van der Waals surface area contributed by atoms with Crippen molar-refractivity contribution < 1.29 is 28.9 Å². The summed E-state index contributed by atoms with van der Waals surface area (Å²) < 4.78 is 16.3. The van der Waals surface area contributed by atoms with Gasteiger partial charge in [0.1, 0.15) is 24.9 Å². The van der Waals surface area contributed by atoms with Crippen LogP contribution in [0, 0.1) is 0 Å². The Kier molecular flexibility index (Phi) is 4.51. The summed E-state index contributed by atoms with van der Waals surface area (Å²) in [6, 6.07) is 17.1. The largest absolute Gasteiger partial charge is 0.459 e. The van der Waals surface area contributed by atoms with E-state index in [-0.39, 0.29) is 12.7 Å². The first-order valence-corrected chi connectivity index (χ1v) is 8.62. The Morgan fingerprint density at radius 3 is 2.15 bits per heavy atom. The van der Waals surface area contributed by atoms with Gasteiger partial charge in [-0.15, -0.1) is 0 Å². The Morgan fingerprint density at radius 2 is 1.52 bits per heavy atom. The van der Waals surface area contributed by atoms with Gasteiger partial charge in [0.2, 0.25) is 0 Å². The van der Waals surface area contributed by atoms with Gasteiger partial charge >= 0.3 is 11.9 Å². The minimum Gasteiger partial charge on any atom is -0.459 e. The minimum absolute atomic E-state index is 0.129. The van der Waals surface area contributed by atoms with Crippen molar-refractivity contribution in [3.05, 3.63) is 83.9 Å². The van der Waals surface area contributed by atoms with Gasteiger partial charge in [0.15, 0.2) is 5.60 Å². The molecule has 2 aliphatic rings. The van der Waals surface area contributed by atoms with Crippen molar-refractivity contribution in [1.82, 2.24) is 0 Å². The first kappa shape index (κ1) is 17.5. The zero-order valence-corrected chi connectivity index (χ0v) is 14.4. The molecular weight excluding hydrogens is 348 g/mol. The van der Waals surface area contributed by atoms with E-state index in [9.17, 15) is 14.7 Å². The third kappa shape index (κ3) is 3.37. The van der Waals surface area contributed by atoms with E-state index >= 15 is 0 Å². The number of carbonyl (C=O) groups excluding carboxylic acids is 2. The topological polar surface area (TPSA) is 85.4 Å². The Morgan fingerprint density at radius 1 is 0.926 bits per heavy atom. The average molecular weight is 366 g/mol. The third-order valence-corrected chi connectivity index (χ3v) is 4.75. The highest BCUT2D eigenvalue weighted by molar-refractivity contribution is 5.90. The molecule has 1 aliphatic carbocycles. The molecule has 6 nitrogen and oxygen atoms in total. The van der Waals surface area contributed by atoms with Crippen molar-refractivity contribution in [3.8, 4) is 0 Å². The van der Waals surface area contributed by atoms with Crippen LogP contribution in [0.1, 0.15) is 20.7 Å². The number of hydrogen-bond acceptors (Lipinski definition) is 6. The number of esters is 2. The maximum Gasteiger partial charge on any atom is 0.338 e. The zero-order valence-electron chi connectivity index (χ0n) is 14.4. The van der Waals surface area contributed by atoms with Crippen LogP contribution in [0.4, 0.5) is 0 Å². The Labute approximate surface area is 156 Å². The van der Waals surface area contributed by atoms with Crippen LogP contribution in [0.3, 0.4) is 0 Å². The number of carbonyl (C=O) groups is 2. The van der Waals surface area contributed by atoms with E-state index in [1.54, 1.807) is 72.8 Å². The molecular formula is C21H18O6. The molecule has 27 heavy (non-hydrogen) atoms. The van der Waals surface area contributed by atoms with Crippen LogP contribution >= 0.6 is 0 Å². The molecule has 1 fully saturated rings. The Balaban J connectivity index is 1.41. The molecule has 0 amide bonds. The standard InChI is InChI=1S/C21H18O6/c22-18-16(26-20(24)15-9-5-2-6-10-15)11-12-17-21(18,27-17)13-25-19(23)14-7-3-1-4-8-14/h1-12,16-18,22H,13H2/t16-,17-,18+,21+/m1/s1. The molecule has 0 bridgehead atoms. The SMILES string of the molecule is O=C(OC[C@]12O[C@@H]1C=C[C@@H](OC(=O)c1ccccc1)[C@@H]2O)c1ccccc1. The molecule has 0 saturated carbocycles. The van der Waals surface area contributed by atoms with Crippen LogP contribution in [0.15, 0.2) is 72.8 Å². The van der Waals surface area contributed by atoms with Crippen molar-refractivity contribution in [2.24, 2.45) is 0 Å². The molecule has 2 aromatic carbocycles. The van der Waals surface area contributed by atoms with Gasteiger partial charge in [-0.2, -0.15) is 0 Å². The van der Waals surface area contributed by atoms with E-state index in [0.717, 1.165) is 0 Å². The Hall–Kier alpha value is -2.96. The maximum absolute atomic E-state index is 12.2. The zero-order chi connectivity index (χ0) is 18.9. The molecule has 0 unspecified atom stereocenters. The molecule has 138 valence electrons. The highest BCUT2D eigenvalue weighted by Crippen LogP contribution is 2.46. The van der Waals surface area contributed by atoms with Gasteiger partial charge in [-0.25, -0.2) is 9.59 Å². The summed E-state index contributed by atoms with van der Waals surface area (Å²) >= 11 is 0. The summed E-state index contributed by atoms with van der Waals surface area (Å²) in [5.74, 6) is -1.04. The maximum atomic E-state index is 12.2. The second kappa shape index (κ2) is 6.98. The number of rotatable bonds is 5. The van der Waals surface area contributed by atoms with E-state index in [2.05, 4.69) is 0 Å². The van der Waals surface area contributed by atoms with Gasteiger partial charge < -0.3 is 19.3 Å². The van der Waals surface area contributed by atoms with Gasteiger partial charge in [0, 0.05) is 0 Å². The van der Waals surface area contributed by atoms with Crippen LogP contribution < -0.4 is 0 Å². The fraction of sp³-hybridized carbons (Fsp3) is 0.238. The average Bonchev–Trinajstić information content (AvgIpc) is 3.45. The third-order valence-electron chi connectivity index (χ3n) is 4.75. The molecule has 1 aliphatic heterocycles. The van der Waals surface area contributed by atoms with Crippen molar-refractivity contribution in [1.29, 1.82) is 0 Å². The predicted molar refractivity (Wildman–Crippen MR) is 95.1 cm³/mol. The minimum atomic E-state index is -1.14. The smallest absolute Gasteiger partial charge is 0.338 e. The van der Waals surface area contributed by atoms with Crippen LogP contribution in [0.5, 0.6) is 0 Å². The van der Waals surface area contributed by atoms with Gasteiger partial charge in [-0.05, 0) is 30.3 Å². The van der Waals surface area contributed by atoms with Crippen LogP contribution in [0.25, 0.3) is 0 Å². The van der Waals surface area contributed by atoms with Gasteiger partial charge in [-0.3, -0.25) is 0 Å². The second-order valence-corrected chi connectivity index (χ2v) is 6.50. The Bertz CT molecular complexity index is 863. The first-order chi connectivity index (χ1) is 13.1. The summed E-state index contributed by atoms with van der Waals surface area (Å²) in [7, 11) is 0. The lowest BCUT2D eigenvalue weighted by Crippen LogP contribution is -2.48. The summed E-state index contributed by atoms with van der Waals surface area (Å²) in [6.45, 7) is -0.129. The fourth-order valence-corrected chi connectivity index (χ4v) is 3.14. The number of fused-ring (bicyclic) bond motifs is 1. The first-order valence-electron chi connectivity index (χ1n) is 8.62. The van der Waals surface area contributed by atoms with E-state index in [0.29, 0.717) is 11.1 Å². The van der Waals surface area contributed by atoms with Crippen molar-refractivity contribution in [2.75, 3.05) is 6.61 Å². The van der Waals surface area contributed by atoms with Crippen molar-refractivity contribution >= 4 is 11.9 Å². The number of epoxide rings is 1. The molecule has 0 radical (unpaired) electrons. The molecule has 0 spiro atoms. The summed E-state index contributed by atoms with van der Waals surface area (Å²) in [5.41, 5.74) is -0.277. The lowest BCUT2D eigenvalue weighted by atomic mass is 9.89. The summed E-state index contributed by atoms with van der Waals surface area (Å²) in [5, 5.41) is 10.7. The predicted octanol–water partition coefficient (Wildman–Crippen LogP) is 2.14. The van der Waals surface area contributed by atoms with Gasteiger partial charge in [0.05, 0.1) is 11.1 Å². The number of hydrogen-bond donors (Lipinski definition) is 1. The van der Waals surface area contributed by atoms with Crippen molar-refractivity contribution in [2.45, 2.75) is 23.9 Å². The van der Waals surface area contributed by atoms with E-state index < -0.39 is 29.7 Å². The van der Waals surface area contributed by atoms with Crippen LogP contribution in [0.2, 0.25) is 0 Å². The number of benzene rings is 2. The van der Waals surface area contributed by atoms with Gasteiger partial charge in [-0.1, -0.05) is 42.5 Å². The second-order valence-electron chi connectivity index (χ2n) is 6.50. The van der Waals surface area contributed by atoms with E-state index in [1.165, 1.54) is 0 Å². The number of ether oxygens (including phenoxy) is 3. The van der Waals surface area contributed by atoms with Crippen LogP contribution in [-0.2, 0) is 14.2 Å². The quantitative estimate of drug-likeness (QED) is 0.496. The molecule has 2 aromatic rings. The molecule has 1 saturated heterocycles. The lowest BCUT2D eigenvalue weighted by Gasteiger charge is -2.28. The van der Waals surface area contributed by atoms with Crippen LogP contribution in [-0.4, -0.2) is 47.6 Å². The number of aliphatic hydroxyl groups is 1. The molecule has 4 rings (SSSR count).